The van der Waals surface area contributed by atoms with Crippen LogP contribution in [0.2, 0.25) is 0 Å². The molecule has 14 rings (SSSR count). The SMILES string of the molecule is c1ccc(-c2cnc(-c3c4cc5c6ccccc6c6cccc(c4c(-c4cc(-c7ccccc7)c(-c7ccccc7)cn4)c4c7cccc8cccc(c34)c87)c65)cc2-c2ccccc2)cc1. The molecule has 0 saturated heterocycles. The Labute approximate surface area is 381 Å². The van der Waals surface area contributed by atoms with Gasteiger partial charge in [0.1, 0.15) is 0 Å². The summed E-state index contributed by atoms with van der Waals surface area (Å²) in [5, 5.41) is 17.3. The molecule has 2 heterocycles. The van der Waals surface area contributed by atoms with Crippen LogP contribution in [0, 0.1) is 0 Å². The molecule has 0 unspecified atom stereocenters. The lowest BCUT2D eigenvalue weighted by molar-refractivity contribution is 1.33. The van der Waals surface area contributed by atoms with Crippen LogP contribution < -0.4 is 0 Å². The fraction of sp³-hybridized carbons (Fsp3) is 0. The summed E-state index contributed by atoms with van der Waals surface area (Å²) in [7, 11) is 0. The lowest BCUT2D eigenvalue weighted by Crippen LogP contribution is -1.96. The fourth-order valence-corrected chi connectivity index (χ4v) is 11.3. The molecule has 14 aromatic rings. The molecule has 0 aliphatic rings. The third kappa shape index (κ3) is 5.36. The van der Waals surface area contributed by atoms with Gasteiger partial charge in [0.2, 0.25) is 0 Å². The van der Waals surface area contributed by atoms with Gasteiger partial charge in [0.25, 0.3) is 0 Å². The molecule has 0 aliphatic heterocycles. The second-order valence-corrected chi connectivity index (χ2v) is 17.5. The molecule has 0 atom stereocenters. The minimum Gasteiger partial charge on any atom is -0.256 e. The molecule has 0 bridgehead atoms. The molecule has 2 nitrogen and oxygen atoms in total. The molecule has 0 N–H and O–H groups in total. The van der Waals surface area contributed by atoms with Crippen molar-refractivity contribution in [2.45, 2.75) is 0 Å². The summed E-state index contributed by atoms with van der Waals surface area (Å²) in [5.74, 6) is 0. The van der Waals surface area contributed by atoms with E-state index in [-0.39, 0.29) is 0 Å². The number of benzene rings is 10. The Hall–Kier alpha value is -8.72. The highest BCUT2D eigenvalue weighted by molar-refractivity contribution is 6.44. The summed E-state index contributed by atoms with van der Waals surface area (Å²) >= 11 is 0. The van der Waals surface area contributed by atoms with Crippen LogP contribution in [0.5, 0.6) is 0 Å². The number of fused-ring (bicyclic) bond motifs is 8. The van der Waals surface area contributed by atoms with Crippen LogP contribution >= 0.6 is 0 Å². The van der Waals surface area contributed by atoms with Crippen molar-refractivity contribution >= 4 is 75.4 Å². The largest absolute Gasteiger partial charge is 0.256 e. The average molecular weight is 835 g/mol. The molecule has 0 amide bonds. The molecule has 0 saturated carbocycles. The standard InChI is InChI=1S/C64H38N2/c1-5-18-39(19-6-1)50-35-56(65-37-54(50)41-22-9-3-10-23-41)61-53-34-52-45-29-14-13-28-44(45)46-30-17-33-49(59(46)52)60(53)64(63-48-32-16-27-43-26-15-31-47(58(43)48)62(61)63)57-36-51(40-20-7-2-8-21-40)55(38-66-57)42-24-11-4-12-25-42/h1-38H. The van der Waals surface area contributed by atoms with Crippen LogP contribution in [-0.4, -0.2) is 9.97 Å². The van der Waals surface area contributed by atoms with Crippen molar-refractivity contribution in [3.05, 3.63) is 231 Å². The summed E-state index contributed by atoms with van der Waals surface area (Å²) < 4.78 is 0. The topological polar surface area (TPSA) is 25.8 Å². The van der Waals surface area contributed by atoms with E-state index in [1.807, 2.05) is 0 Å². The van der Waals surface area contributed by atoms with E-state index in [2.05, 4.69) is 231 Å². The van der Waals surface area contributed by atoms with Crippen molar-refractivity contribution in [2.24, 2.45) is 0 Å². The van der Waals surface area contributed by atoms with Crippen molar-refractivity contribution in [1.29, 1.82) is 0 Å². The zero-order valence-electron chi connectivity index (χ0n) is 35.8. The first-order valence-electron chi connectivity index (χ1n) is 22.7. The second kappa shape index (κ2) is 14.4. The van der Waals surface area contributed by atoms with Crippen molar-refractivity contribution in [1.82, 2.24) is 9.97 Å². The molecule has 0 spiro atoms. The average Bonchev–Trinajstić information content (AvgIpc) is 3.90. The Kier molecular flexibility index (Phi) is 8.02. The summed E-state index contributed by atoms with van der Waals surface area (Å²) in [6.45, 7) is 0. The highest BCUT2D eigenvalue weighted by atomic mass is 14.7. The number of hydrogen-bond donors (Lipinski definition) is 0. The first-order chi connectivity index (χ1) is 32.8. The number of nitrogens with zero attached hydrogens (tertiary/aromatic N) is 2. The van der Waals surface area contributed by atoms with E-state index in [0.717, 1.165) is 67.0 Å². The van der Waals surface area contributed by atoms with Gasteiger partial charge in [0.05, 0.1) is 11.4 Å². The van der Waals surface area contributed by atoms with Gasteiger partial charge in [-0.2, -0.15) is 0 Å². The van der Waals surface area contributed by atoms with Gasteiger partial charge >= 0.3 is 0 Å². The predicted octanol–water partition coefficient (Wildman–Crippen LogP) is 17.4. The lowest BCUT2D eigenvalue weighted by atomic mass is 9.84. The maximum atomic E-state index is 5.56. The minimum absolute atomic E-state index is 0.942. The molecule has 0 radical (unpaired) electrons. The first kappa shape index (κ1) is 36.7. The molecule has 304 valence electrons. The maximum Gasteiger partial charge on any atom is 0.0721 e. The molecular weight excluding hydrogens is 797 g/mol. The van der Waals surface area contributed by atoms with E-state index in [4.69, 9.17) is 9.97 Å². The normalized spacial score (nSPS) is 11.9. The quantitative estimate of drug-likeness (QED) is 0.156. The monoisotopic (exact) mass is 834 g/mol. The maximum absolute atomic E-state index is 5.56. The van der Waals surface area contributed by atoms with Gasteiger partial charge in [0.15, 0.2) is 0 Å². The number of rotatable bonds is 6. The Balaban J connectivity index is 1.22. The van der Waals surface area contributed by atoms with Crippen LogP contribution in [0.3, 0.4) is 0 Å². The lowest BCUT2D eigenvalue weighted by Gasteiger charge is -2.20. The van der Waals surface area contributed by atoms with Crippen LogP contribution in [0.4, 0.5) is 0 Å². The summed E-state index contributed by atoms with van der Waals surface area (Å²) in [5.41, 5.74) is 13.3. The van der Waals surface area contributed by atoms with Gasteiger partial charge in [-0.1, -0.05) is 200 Å². The fourth-order valence-electron chi connectivity index (χ4n) is 11.3. The van der Waals surface area contributed by atoms with Crippen molar-refractivity contribution in [3.8, 4) is 67.0 Å². The Bertz CT molecular complexity index is 4180. The predicted molar refractivity (Wildman–Crippen MR) is 280 cm³/mol. The van der Waals surface area contributed by atoms with E-state index in [0.29, 0.717) is 0 Å². The highest BCUT2D eigenvalue weighted by Gasteiger charge is 2.28. The number of pyridine rings is 2. The van der Waals surface area contributed by atoms with Gasteiger partial charge < -0.3 is 0 Å². The van der Waals surface area contributed by atoms with E-state index in [1.165, 1.54) is 75.4 Å². The Morgan fingerprint density at radius 1 is 0.227 bits per heavy atom. The highest BCUT2D eigenvalue weighted by Crippen LogP contribution is 2.55. The van der Waals surface area contributed by atoms with Crippen molar-refractivity contribution in [2.75, 3.05) is 0 Å². The van der Waals surface area contributed by atoms with Gasteiger partial charge in [0, 0.05) is 50.8 Å². The Morgan fingerprint density at radius 3 is 1.15 bits per heavy atom. The van der Waals surface area contributed by atoms with Gasteiger partial charge in [-0.3, -0.25) is 9.97 Å². The van der Waals surface area contributed by atoms with Gasteiger partial charge in [-0.05, 0) is 111 Å². The molecular formula is C64H38N2. The van der Waals surface area contributed by atoms with Crippen LogP contribution in [0.1, 0.15) is 0 Å². The van der Waals surface area contributed by atoms with Crippen LogP contribution in [-0.2, 0) is 0 Å². The zero-order valence-corrected chi connectivity index (χ0v) is 35.8. The second-order valence-electron chi connectivity index (χ2n) is 17.5. The van der Waals surface area contributed by atoms with Gasteiger partial charge in [-0.15, -0.1) is 0 Å². The summed E-state index contributed by atoms with van der Waals surface area (Å²) in [6, 6.07) is 79.5. The third-order valence-electron chi connectivity index (χ3n) is 14.0. The van der Waals surface area contributed by atoms with Gasteiger partial charge in [-0.25, -0.2) is 0 Å². The van der Waals surface area contributed by atoms with Crippen LogP contribution in [0.25, 0.3) is 142 Å². The summed E-state index contributed by atoms with van der Waals surface area (Å²) in [4.78, 5) is 11.1. The first-order valence-corrected chi connectivity index (χ1v) is 22.7. The van der Waals surface area contributed by atoms with E-state index >= 15 is 0 Å². The van der Waals surface area contributed by atoms with Crippen molar-refractivity contribution in [3.63, 3.8) is 0 Å². The molecule has 66 heavy (non-hydrogen) atoms. The molecule has 0 fully saturated rings. The summed E-state index contributed by atoms with van der Waals surface area (Å²) in [6.07, 6.45) is 4.21. The smallest absolute Gasteiger partial charge is 0.0721 e. The molecule has 2 aromatic heterocycles. The van der Waals surface area contributed by atoms with E-state index in [1.54, 1.807) is 0 Å². The minimum atomic E-state index is 0.942. The third-order valence-corrected chi connectivity index (χ3v) is 14.0. The number of aromatic nitrogens is 2. The van der Waals surface area contributed by atoms with E-state index < -0.39 is 0 Å². The molecule has 12 aromatic carbocycles. The molecule has 2 heteroatoms. The number of hydrogen-bond acceptors (Lipinski definition) is 2. The van der Waals surface area contributed by atoms with Crippen LogP contribution in [0.15, 0.2) is 231 Å². The zero-order chi connectivity index (χ0) is 43.3. The molecule has 0 aliphatic carbocycles. The van der Waals surface area contributed by atoms with E-state index in [9.17, 15) is 0 Å². The Morgan fingerprint density at radius 2 is 0.621 bits per heavy atom. The van der Waals surface area contributed by atoms with Crippen molar-refractivity contribution < 1.29 is 0 Å².